The molecule has 0 N–H and O–H groups in total. The number of rotatable bonds is 7. The SMILES string of the molecule is COCc1ccccc1-c1c(-c2ccc3c(c2)CCN(CCS(C)(=O)=O)CC3)ccn2ncnc12. The summed E-state index contributed by atoms with van der Waals surface area (Å²) < 4.78 is 30.5. The average molecular weight is 491 g/mol. The van der Waals surface area contributed by atoms with E-state index in [1.807, 2.05) is 22.8 Å². The molecular formula is C27H30N4O3S. The van der Waals surface area contributed by atoms with Crippen molar-refractivity contribution in [1.29, 1.82) is 0 Å². The second kappa shape index (κ2) is 9.89. The molecule has 2 aromatic carbocycles. The molecule has 0 atom stereocenters. The second-order valence-corrected chi connectivity index (χ2v) is 11.4. The lowest BCUT2D eigenvalue weighted by Gasteiger charge is -2.18. The Morgan fingerprint density at radius 3 is 2.60 bits per heavy atom. The minimum Gasteiger partial charge on any atom is -0.380 e. The van der Waals surface area contributed by atoms with Crippen LogP contribution in [-0.4, -0.2) is 66.7 Å². The van der Waals surface area contributed by atoms with Gasteiger partial charge in [0.2, 0.25) is 0 Å². The van der Waals surface area contributed by atoms with Gasteiger partial charge >= 0.3 is 0 Å². The number of aromatic nitrogens is 3. The van der Waals surface area contributed by atoms with Crippen molar-refractivity contribution in [3.63, 3.8) is 0 Å². The van der Waals surface area contributed by atoms with Crippen LogP contribution >= 0.6 is 0 Å². The van der Waals surface area contributed by atoms with Crippen LogP contribution in [0.15, 0.2) is 61.1 Å². The Hall–Kier alpha value is -3.07. The predicted octanol–water partition coefficient (Wildman–Crippen LogP) is 3.65. The number of methoxy groups -OCH3 is 1. The molecular weight excluding hydrogens is 460 g/mol. The Morgan fingerprint density at radius 1 is 1.00 bits per heavy atom. The van der Waals surface area contributed by atoms with Crippen LogP contribution in [0, 0.1) is 0 Å². The molecule has 0 radical (unpaired) electrons. The van der Waals surface area contributed by atoms with Crippen LogP contribution < -0.4 is 0 Å². The lowest BCUT2D eigenvalue weighted by Crippen LogP contribution is -2.31. The number of hydrogen-bond acceptors (Lipinski definition) is 6. The van der Waals surface area contributed by atoms with Crippen LogP contribution in [0.25, 0.3) is 27.9 Å². The van der Waals surface area contributed by atoms with Gasteiger partial charge in [-0.05, 0) is 52.3 Å². The molecule has 3 heterocycles. The van der Waals surface area contributed by atoms with Gasteiger partial charge in [-0.2, -0.15) is 5.10 Å². The molecule has 0 saturated heterocycles. The summed E-state index contributed by atoms with van der Waals surface area (Å²) in [6.07, 6.45) is 6.67. The largest absolute Gasteiger partial charge is 0.380 e. The summed E-state index contributed by atoms with van der Waals surface area (Å²) >= 11 is 0. The lowest BCUT2D eigenvalue weighted by molar-refractivity contribution is 0.185. The molecule has 182 valence electrons. The van der Waals surface area contributed by atoms with Crippen molar-refractivity contribution in [2.75, 3.05) is 38.8 Å². The van der Waals surface area contributed by atoms with Gasteiger partial charge in [0.1, 0.15) is 16.2 Å². The molecule has 0 unspecified atom stereocenters. The Kier molecular flexibility index (Phi) is 6.69. The molecule has 7 nitrogen and oxygen atoms in total. The minimum atomic E-state index is -2.96. The van der Waals surface area contributed by atoms with E-state index in [4.69, 9.17) is 4.74 Å². The highest BCUT2D eigenvalue weighted by Crippen LogP contribution is 2.37. The fourth-order valence-electron chi connectivity index (χ4n) is 4.90. The molecule has 0 spiro atoms. The number of pyridine rings is 1. The van der Waals surface area contributed by atoms with Gasteiger partial charge < -0.3 is 9.64 Å². The van der Waals surface area contributed by atoms with E-state index in [0.29, 0.717) is 13.2 Å². The van der Waals surface area contributed by atoms with Crippen molar-refractivity contribution >= 4 is 15.5 Å². The summed E-state index contributed by atoms with van der Waals surface area (Å²) in [6.45, 7) is 2.84. The van der Waals surface area contributed by atoms with E-state index < -0.39 is 9.84 Å². The van der Waals surface area contributed by atoms with E-state index in [1.54, 1.807) is 13.4 Å². The zero-order valence-electron chi connectivity index (χ0n) is 20.1. The van der Waals surface area contributed by atoms with Crippen LogP contribution in [0.5, 0.6) is 0 Å². The van der Waals surface area contributed by atoms with Gasteiger partial charge in [-0.25, -0.2) is 17.9 Å². The van der Waals surface area contributed by atoms with E-state index in [9.17, 15) is 8.42 Å². The number of sulfone groups is 1. The van der Waals surface area contributed by atoms with Crippen molar-refractivity contribution in [3.05, 3.63) is 77.7 Å². The van der Waals surface area contributed by atoms with Crippen LogP contribution in [0.3, 0.4) is 0 Å². The van der Waals surface area contributed by atoms with Crippen LogP contribution in [0.1, 0.15) is 16.7 Å². The Balaban J connectivity index is 1.54. The molecule has 8 heteroatoms. The monoisotopic (exact) mass is 490 g/mol. The summed E-state index contributed by atoms with van der Waals surface area (Å²) in [5, 5.41) is 4.37. The highest BCUT2D eigenvalue weighted by Gasteiger charge is 2.20. The quantitative estimate of drug-likeness (QED) is 0.394. The maximum Gasteiger partial charge on any atom is 0.163 e. The highest BCUT2D eigenvalue weighted by atomic mass is 32.2. The maximum atomic E-state index is 11.6. The van der Waals surface area contributed by atoms with Gasteiger partial charge in [-0.3, -0.25) is 0 Å². The maximum absolute atomic E-state index is 11.6. The third-order valence-electron chi connectivity index (χ3n) is 6.73. The molecule has 0 fully saturated rings. The van der Waals surface area contributed by atoms with Gasteiger partial charge in [-0.1, -0.05) is 42.5 Å². The van der Waals surface area contributed by atoms with Crippen molar-refractivity contribution < 1.29 is 13.2 Å². The summed E-state index contributed by atoms with van der Waals surface area (Å²) in [6, 6.07) is 17.1. The first-order valence-electron chi connectivity index (χ1n) is 11.8. The second-order valence-electron chi connectivity index (χ2n) is 9.18. The fraction of sp³-hybridized carbons (Fsp3) is 0.333. The summed E-state index contributed by atoms with van der Waals surface area (Å²) in [5.41, 5.74) is 8.95. The Morgan fingerprint density at radius 2 is 1.80 bits per heavy atom. The van der Waals surface area contributed by atoms with Gasteiger partial charge in [0, 0.05) is 44.8 Å². The first-order valence-corrected chi connectivity index (χ1v) is 13.9. The van der Waals surface area contributed by atoms with Gasteiger partial charge in [-0.15, -0.1) is 0 Å². The zero-order valence-corrected chi connectivity index (χ0v) is 21.0. The highest BCUT2D eigenvalue weighted by molar-refractivity contribution is 7.90. The van der Waals surface area contributed by atoms with E-state index in [2.05, 4.69) is 51.4 Å². The summed E-state index contributed by atoms with van der Waals surface area (Å²) in [7, 11) is -1.25. The van der Waals surface area contributed by atoms with Gasteiger partial charge in [0.25, 0.3) is 0 Å². The molecule has 1 aliphatic heterocycles. The zero-order chi connectivity index (χ0) is 24.4. The van der Waals surface area contributed by atoms with E-state index in [1.165, 1.54) is 17.4 Å². The van der Waals surface area contributed by atoms with E-state index in [-0.39, 0.29) is 5.75 Å². The predicted molar refractivity (Wildman–Crippen MR) is 138 cm³/mol. The van der Waals surface area contributed by atoms with E-state index in [0.717, 1.165) is 59.4 Å². The van der Waals surface area contributed by atoms with Crippen molar-refractivity contribution in [1.82, 2.24) is 19.5 Å². The molecule has 0 amide bonds. The van der Waals surface area contributed by atoms with Crippen LogP contribution in [0.4, 0.5) is 0 Å². The normalized spacial score (nSPS) is 14.7. The molecule has 5 rings (SSSR count). The topological polar surface area (TPSA) is 76.8 Å². The number of hydrogen-bond donors (Lipinski definition) is 0. The molecule has 0 saturated carbocycles. The smallest absolute Gasteiger partial charge is 0.163 e. The standard InChI is InChI=1S/C27H30N4O3S/c1-34-18-23-5-3-4-6-24(23)26-25(11-14-31-27(26)28-19-29-31)22-8-7-20-9-12-30(13-10-21(20)17-22)15-16-35(2,32)33/h3-8,11,14,17,19H,9-10,12-13,15-16,18H2,1-2H3. The molecule has 0 aliphatic carbocycles. The van der Waals surface area contributed by atoms with Crippen LogP contribution in [0.2, 0.25) is 0 Å². The first kappa shape index (κ1) is 23.7. The first-order chi connectivity index (χ1) is 16.9. The third-order valence-corrected chi connectivity index (χ3v) is 7.65. The Bertz CT molecular complexity index is 1460. The summed E-state index contributed by atoms with van der Waals surface area (Å²) in [5.74, 6) is 0.206. The van der Waals surface area contributed by atoms with Crippen molar-refractivity contribution in [3.8, 4) is 22.3 Å². The number of fused-ring (bicyclic) bond motifs is 2. The molecule has 2 aromatic heterocycles. The van der Waals surface area contributed by atoms with Gasteiger partial charge in [0.15, 0.2) is 5.65 Å². The van der Waals surface area contributed by atoms with E-state index >= 15 is 0 Å². The van der Waals surface area contributed by atoms with Crippen molar-refractivity contribution in [2.45, 2.75) is 19.4 Å². The lowest BCUT2D eigenvalue weighted by atomic mass is 9.90. The Labute approximate surface area is 206 Å². The van der Waals surface area contributed by atoms with Crippen LogP contribution in [-0.2, 0) is 34.0 Å². The number of nitrogens with zero attached hydrogens (tertiary/aromatic N) is 4. The third kappa shape index (κ3) is 5.15. The molecule has 35 heavy (non-hydrogen) atoms. The number of ether oxygens (including phenoxy) is 1. The fourth-order valence-corrected chi connectivity index (χ4v) is 5.49. The minimum absolute atomic E-state index is 0.206. The van der Waals surface area contributed by atoms with Crippen molar-refractivity contribution in [2.24, 2.45) is 0 Å². The number of benzene rings is 2. The molecule has 1 aliphatic rings. The average Bonchev–Trinajstić information content (AvgIpc) is 3.23. The molecule has 4 aromatic rings. The summed E-state index contributed by atoms with van der Waals surface area (Å²) in [4.78, 5) is 6.85. The van der Waals surface area contributed by atoms with Gasteiger partial charge in [0.05, 0.1) is 12.4 Å². The molecule has 0 bridgehead atoms.